The molecule has 19 heavy (non-hydrogen) atoms. The number of nitrogens with one attached hydrogen (secondary N) is 2. The van der Waals surface area contributed by atoms with Crippen molar-refractivity contribution in [2.45, 2.75) is 13.5 Å². The summed E-state index contributed by atoms with van der Waals surface area (Å²) in [6.45, 7) is 2.08. The van der Waals surface area contributed by atoms with Gasteiger partial charge >= 0.3 is 6.03 Å². The fraction of sp³-hybridized carbons (Fsp3) is 0.250. The Morgan fingerprint density at radius 1 is 1.42 bits per heavy atom. The van der Waals surface area contributed by atoms with Gasteiger partial charge in [0.05, 0.1) is 6.54 Å². The fourth-order valence-corrected chi connectivity index (χ4v) is 1.50. The molecule has 0 unspecified atom stereocenters. The number of hydrogen-bond acceptors (Lipinski definition) is 3. The Balaban J connectivity index is 1.94. The number of benzene rings is 1. The van der Waals surface area contributed by atoms with Crippen LogP contribution in [0.1, 0.15) is 11.6 Å². The van der Waals surface area contributed by atoms with Crippen molar-refractivity contribution >= 4 is 11.7 Å². The van der Waals surface area contributed by atoms with Crippen molar-refractivity contribution in [1.29, 1.82) is 0 Å². The summed E-state index contributed by atoms with van der Waals surface area (Å²) in [5, 5.41) is 9.31. The van der Waals surface area contributed by atoms with E-state index in [-0.39, 0.29) is 18.4 Å². The third kappa shape index (κ3) is 3.51. The van der Waals surface area contributed by atoms with E-state index in [0.717, 1.165) is 0 Å². The number of carbonyl (C=O) groups excluding carboxylic acids is 1. The minimum atomic E-state index is -0.345. The van der Waals surface area contributed by atoms with Crippen LogP contribution in [0.25, 0.3) is 0 Å². The molecule has 2 N–H and O–H groups in total. The number of aryl methyl sites for hydroxylation is 1. The van der Waals surface area contributed by atoms with E-state index in [1.54, 1.807) is 14.0 Å². The summed E-state index contributed by atoms with van der Waals surface area (Å²) in [4.78, 5) is 17.4. The first kappa shape index (κ1) is 13.0. The molecule has 1 heterocycles. The molecule has 100 valence electrons. The SMILES string of the molecule is Cc1nc(CN(C)C(=O)Nc2ccc(F)cc2)n[nH]1. The lowest BCUT2D eigenvalue weighted by atomic mass is 10.3. The molecule has 0 radical (unpaired) electrons. The van der Waals surface area contributed by atoms with Crippen LogP contribution in [0.4, 0.5) is 14.9 Å². The second-order valence-electron chi connectivity index (χ2n) is 4.13. The zero-order chi connectivity index (χ0) is 13.8. The Labute approximate surface area is 109 Å². The number of aromatic nitrogens is 3. The summed E-state index contributed by atoms with van der Waals surface area (Å²) < 4.78 is 12.7. The molecular weight excluding hydrogens is 249 g/mol. The average Bonchev–Trinajstić information content (AvgIpc) is 2.77. The predicted octanol–water partition coefficient (Wildman–Crippen LogP) is 1.92. The molecule has 0 saturated carbocycles. The zero-order valence-corrected chi connectivity index (χ0v) is 10.6. The summed E-state index contributed by atoms with van der Waals surface area (Å²) in [7, 11) is 1.63. The predicted molar refractivity (Wildman–Crippen MR) is 68.0 cm³/mol. The molecule has 0 saturated heterocycles. The molecular formula is C12H14FN5O. The highest BCUT2D eigenvalue weighted by Crippen LogP contribution is 2.09. The molecule has 6 nitrogen and oxygen atoms in total. The molecule has 2 rings (SSSR count). The van der Waals surface area contributed by atoms with E-state index >= 15 is 0 Å². The minimum Gasteiger partial charge on any atom is -0.320 e. The molecule has 0 aliphatic rings. The van der Waals surface area contributed by atoms with Crippen molar-refractivity contribution in [2.24, 2.45) is 0 Å². The topological polar surface area (TPSA) is 73.9 Å². The van der Waals surface area contributed by atoms with E-state index in [1.807, 2.05) is 0 Å². The van der Waals surface area contributed by atoms with E-state index in [4.69, 9.17) is 0 Å². The highest BCUT2D eigenvalue weighted by molar-refractivity contribution is 5.88. The van der Waals surface area contributed by atoms with Crippen LogP contribution >= 0.6 is 0 Å². The van der Waals surface area contributed by atoms with Crippen molar-refractivity contribution < 1.29 is 9.18 Å². The minimum absolute atomic E-state index is 0.289. The fourth-order valence-electron chi connectivity index (χ4n) is 1.50. The smallest absolute Gasteiger partial charge is 0.320 e. The number of anilines is 1. The van der Waals surface area contributed by atoms with Crippen LogP contribution in [0.5, 0.6) is 0 Å². The van der Waals surface area contributed by atoms with Gasteiger partial charge in [-0.15, -0.1) is 0 Å². The van der Waals surface area contributed by atoms with Gasteiger partial charge in [-0.2, -0.15) is 5.10 Å². The molecule has 0 aliphatic heterocycles. The molecule has 0 fully saturated rings. The first-order valence-electron chi connectivity index (χ1n) is 5.70. The van der Waals surface area contributed by atoms with Crippen molar-refractivity contribution in [1.82, 2.24) is 20.1 Å². The van der Waals surface area contributed by atoms with E-state index in [9.17, 15) is 9.18 Å². The van der Waals surface area contributed by atoms with E-state index < -0.39 is 0 Å². The summed E-state index contributed by atoms with van der Waals surface area (Å²) in [6.07, 6.45) is 0. The van der Waals surface area contributed by atoms with E-state index in [0.29, 0.717) is 17.3 Å². The van der Waals surface area contributed by atoms with Crippen LogP contribution < -0.4 is 5.32 Å². The highest BCUT2D eigenvalue weighted by atomic mass is 19.1. The van der Waals surface area contributed by atoms with Crippen LogP contribution in [0.15, 0.2) is 24.3 Å². The highest BCUT2D eigenvalue weighted by Gasteiger charge is 2.11. The Hall–Kier alpha value is -2.44. The van der Waals surface area contributed by atoms with Crippen LogP contribution in [-0.2, 0) is 6.54 Å². The Morgan fingerprint density at radius 2 is 2.11 bits per heavy atom. The van der Waals surface area contributed by atoms with Gasteiger partial charge in [-0.05, 0) is 31.2 Å². The molecule has 0 bridgehead atoms. The van der Waals surface area contributed by atoms with Crippen molar-refractivity contribution in [3.8, 4) is 0 Å². The number of carbonyl (C=O) groups is 1. The maximum Gasteiger partial charge on any atom is 0.321 e. The standard InChI is InChI=1S/C12H14FN5O/c1-8-14-11(17-16-8)7-18(2)12(19)15-10-5-3-9(13)4-6-10/h3-6H,7H2,1-2H3,(H,15,19)(H,14,16,17). The summed E-state index contributed by atoms with van der Waals surface area (Å²) in [5.41, 5.74) is 0.532. The summed E-state index contributed by atoms with van der Waals surface area (Å²) in [5.74, 6) is 0.888. The lowest BCUT2D eigenvalue weighted by molar-refractivity contribution is 0.219. The number of hydrogen-bond donors (Lipinski definition) is 2. The first-order valence-corrected chi connectivity index (χ1v) is 5.70. The molecule has 7 heteroatoms. The molecule has 2 aromatic rings. The van der Waals surface area contributed by atoms with Gasteiger partial charge in [-0.1, -0.05) is 0 Å². The lowest BCUT2D eigenvalue weighted by Crippen LogP contribution is -2.31. The van der Waals surface area contributed by atoms with E-state index in [2.05, 4.69) is 20.5 Å². The number of H-pyrrole nitrogens is 1. The van der Waals surface area contributed by atoms with Gasteiger partial charge in [0.2, 0.25) is 0 Å². The zero-order valence-electron chi connectivity index (χ0n) is 10.6. The molecule has 0 aliphatic carbocycles. The molecule has 1 aromatic carbocycles. The van der Waals surface area contributed by atoms with Crippen molar-refractivity contribution in [3.05, 3.63) is 41.7 Å². The summed E-state index contributed by atoms with van der Waals surface area (Å²) >= 11 is 0. The van der Waals surface area contributed by atoms with Crippen LogP contribution in [-0.4, -0.2) is 33.2 Å². The van der Waals surface area contributed by atoms with Crippen LogP contribution in [0, 0.1) is 12.7 Å². The molecule has 0 atom stereocenters. The van der Waals surface area contributed by atoms with Gasteiger partial charge < -0.3 is 10.2 Å². The van der Waals surface area contributed by atoms with Gasteiger partial charge in [-0.25, -0.2) is 14.2 Å². The average molecular weight is 263 g/mol. The van der Waals surface area contributed by atoms with Crippen LogP contribution in [0.3, 0.4) is 0 Å². The molecule has 2 amide bonds. The first-order chi connectivity index (χ1) is 9.04. The third-order valence-corrected chi connectivity index (χ3v) is 2.46. The summed E-state index contributed by atoms with van der Waals surface area (Å²) in [6, 6.07) is 5.26. The number of rotatable bonds is 3. The number of amides is 2. The number of aromatic amines is 1. The lowest BCUT2D eigenvalue weighted by Gasteiger charge is -2.16. The Bertz CT molecular complexity index is 566. The quantitative estimate of drug-likeness (QED) is 0.888. The molecule has 0 spiro atoms. The number of nitrogens with zero attached hydrogens (tertiary/aromatic N) is 3. The maximum atomic E-state index is 12.7. The van der Waals surface area contributed by atoms with Gasteiger partial charge in [-0.3, -0.25) is 5.10 Å². The number of urea groups is 1. The Kier molecular flexibility index (Phi) is 3.74. The normalized spacial score (nSPS) is 10.3. The van der Waals surface area contributed by atoms with Gasteiger partial charge in [0, 0.05) is 12.7 Å². The second kappa shape index (κ2) is 5.47. The van der Waals surface area contributed by atoms with E-state index in [1.165, 1.54) is 29.2 Å². The van der Waals surface area contributed by atoms with Crippen molar-refractivity contribution in [3.63, 3.8) is 0 Å². The van der Waals surface area contributed by atoms with Crippen LogP contribution in [0.2, 0.25) is 0 Å². The maximum absolute atomic E-state index is 12.7. The van der Waals surface area contributed by atoms with Gasteiger partial charge in [0.15, 0.2) is 5.82 Å². The Morgan fingerprint density at radius 3 is 2.68 bits per heavy atom. The third-order valence-electron chi connectivity index (χ3n) is 2.46. The number of halogens is 1. The monoisotopic (exact) mass is 263 g/mol. The van der Waals surface area contributed by atoms with Crippen molar-refractivity contribution in [2.75, 3.05) is 12.4 Å². The van der Waals surface area contributed by atoms with Gasteiger partial charge in [0.1, 0.15) is 11.6 Å². The largest absolute Gasteiger partial charge is 0.321 e. The second-order valence-corrected chi connectivity index (χ2v) is 4.13. The van der Waals surface area contributed by atoms with Gasteiger partial charge in [0.25, 0.3) is 0 Å². The molecule has 1 aromatic heterocycles.